The molecule has 1 aliphatic rings. The molecule has 1 aromatic carbocycles. The molecule has 4 nitrogen and oxygen atoms in total. The zero-order valence-corrected chi connectivity index (χ0v) is 11.6. The van der Waals surface area contributed by atoms with Crippen LogP contribution in [0.2, 0.25) is 0 Å². The molecule has 1 unspecified atom stereocenters. The van der Waals surface area contributed by atoms with Crippen molar-refractivity contribution in [1.82, 2.24) is 0 Å². The molecular formula is C15H21NO3. The molecule has 1 saturated heterocycles. The quantitative estimate of drug-likeness (QED) is 0.907. The summed E-state index contributed by atoms with van der Waals surface area (Å²) in [6.45, 7) is 6.34. The van der Waals surface area contributed by atoms with Gasteiger partial charge in [-0.25, -0.2) is 4.79 Å². The van der Waals surface area contributed by atoms with Crippen molar-refractivity contribution in [3.05, 3.63) is 29.3 Å². The molecule has 0 amide bonds. The number of ether oxygens (including phenoxy) is 1. The first kappa shape index (κ1) is 13.9. The van der Waals surface area contributed by atoms with Crippen LogP contribution in [0.4, 0.5) is 5.69 Å². The van der Waals surface area contributed by atoms with Crippen LogP contribution in [0.1, 0.15) is 35.7 Å². The van der Waals surface area contributed by atoms with E-state index in [4.69, 9.17) is 4.74 Å². The van der Waals surface area contributed by atoms with E-state index in [1.807, 2.05) is 19.9 Å². The second kappa shape index (κ2) is 6.06. The van der Waals surface area contributed by atoms with Crippen molar-refractivity contribution in [2.24, 2.45) is 0 Å². The van der Waals surface area contributed by atoms with Gasteiger partial charge in [0.25, 0.3) is 0 Å². The normalized spacial score (nSPS) is 19.5. The highest BCUT2D eigenvalue weighted by molar-refractivity contribution is 5.95. The maximum Gasteiger partial charge on any atom is 0.337 e. The smallest absolute Gasteiger partial charge is 0.337 e. The molecule has 0 aliphatic carbocycles. The Hall–Kier alpha value is -1.55. The molecular weight excluding hydrogens is 242 g/mol. The summed E-state index contributed by atoms with van der Waals surface area (Å²) in [5, 5.41) is 9.33. The first-order chi connectivity index (χ1) is 9.13. The molecule has 0 spiro atoms. The number of aryl methyl sites for hydroxylation is 1. The Kier molecular flexibility index (Phi) is 4.43. The van der Waals surface area contributed by atoms with Crippen LogP contribution >= 0.6 is 0 Å². The van der Waals surface area contributed by atoms with Gasteiger partial charge in [0.2, 0.25) is 0 Å². The average Bonchev–Trinajstić information content (AvgIpc) is 2.39. The molecule has 0 aromatic heterocycles. The summed E-state index contributed by atoms with van der Waals surface area (Å²) in [5.41, 5.74) is 2.24. The molecule has 1 fully saturated rings. The van der Waals surface area contributed by atoms with E-state index in [9.17, 15) is 9.90 Å². The van der Waals surface area contributed by atoms with E-state index in [0.29, 0.717) is 12.2 Å². The van der Waals surface area contributed by atoms with E-state index in [-0.39, 0.29) is 6.10 Å². The number of carboxylic acid groups (broad SMARTS) is 1. The molecule has 1 aromatic rings. The van der Waals surface area contributed by atoms with Crippen LogP contribution in [0.25, 0.3) is 0 Å². The summed E-state index contributed by atoms with van der Waals surface area (Å²) < 4.78 is 5.69. The molecule has 2 rings (SSSR count). The van der Waals surface area contributed by atoms with Crippen LogP contribution in [0.5, 0.6) is 0 Å². The fraction of sp³-hybridized carbons (Fsp3) is 0.533. The number of nitrogens with zero attached hydrogens (tertiary/aromatic N) is 1. The van der Waals surface area contributed by atoms with E-state index in [1.54, 1.807) is 12.1 Å². The van der Waals surface area contributed by atoms with Gasteiger partial charge in [-0.2, -0.15) is 0 Å². The van der Waals surface area contributed by atoms with E-state index >= 15 is 0 Å². The summed E-state index contributed by atoms with van der Waals surface area (Å²) in [6.07, 6.45) is 2.30. The van der Waals surface area contributed by atoms with Gasteiger partial charge in [-0.15, -0.1) is 0 Å². The molecule has 0 saturated carbocycles. The standard InChI is InChI=1S/C15H21NO3/c1-3-19-12-7-5-9-16(10-12)14-11(2)6-4-8-13(14)15(17)18/h4,6,8,12H,3,5,7,9-10H2,1-2H3,(H,17,18). The van der Waals surface area contributed by atoms with Gasteiger partial charge in [-0.1, -0.05) is 12.1 Å². The minimum absolute atomic E-state index is 0.208. The van der Waals surface area contributed by atoms with E-state index in [2.05, 4.69) is 4.90 Å². The monoisotopic (exact) mass is 263 g/mol. The molecule has 4 heteroatoms. The third-order valence-electron chi connectivity index (χ3n) is 3.56. The Labute approximate surface area is 114 Å². The summed E-state index contributed by atoms with van der Waals surface area (Å²) in [7, 11) is 0. The van der Waals surface area contributed by atoms with Gasteiger partial charge in [0.1, 0.15) is 0 Å². The fourth-order valence-corrected chi connectivity index (χ4v) is 2.76. The predicted molar refractivity (Wildman–Crippen MR) is 75.0 cm³/mol. The van der Waals surface area contributed by atoms with Gasteiger partial charge in [-0.05, 0) is 38.3 Å². The Bertz CT molecular complexity index is 457. The van der Waals surface area contributed by atoms with E-state index in [1.165, 1.54) is 0 Å². The Morgan fingerprint density at radius 3 is 3.00 bits per heavy atom. The van der Waals surface area contributed by atoms with Crippen LogP contribution in [0, 0.1) is 6.92 Å². The van der Waals surface area contributed by atoms with Crippen molar-refractivity contribution in [2.75, 3.05) is 24.6 Å². The number of hydrogen-bond acceptors (Lipinski definition) is 3. The maximum atomic E-state index is 11.4. The summed E-state index contributed by atoms with van der Waals surface area (Å²) in [6, 6.07) is 5.44. The Morgan fingerprint density at radius 1 is 1.53 bits per heavy atom. The van der Waals surface area contributed by atoms with Crippen molar-refractivity contribution in [1.29, 1.82) is 0 Å². The zero-order valence-electron chi connectivity index (χ0n) is 11.6. The highest BCUT2D eigenvalue weighted by atomic mass is 16.5. The number of benzene rings is 1. The SMILES string of the molecule is CCOC1CCCN(c2c(C)cccc2C(=O)O)C1. The summed E-state index contributed by atoms with van der Waals surface area (Å²) >= 11 is 0. The predicted octanol–water partition coefficient (Wildman–Crippen LogP) is 2.70. The zero-order chi connectivity index (χ0) is 13.8. The van der Waals surface area contributed by atoms with Crippen LogP contribution in [0.3, 0.4) is 0 Å². The number of para-hydroxylation sites is 1. The van der Waals surface area contributed by atoms with Gasteiger partial charge in [-0.3, -0.25) is 0 Å². The maximum absolute atomic E-state index is 11.4. The van der Waals surface area contributed by atoms with Crippen LogP contribution < -0.4 is 4.90 Å². The largest absolute Gasteiger partial charge is 0.478 e. The highest BCUT2D eigenvalue weighted by Crippen LogP contribution is 2.28. The van der Waals surface area contributed by atoms with Gasteiger partial charge in [0, 0.05) is 19.7 Å². The molecule has 0 bridgehead atoms. The third kappa shape index (κ3) is 3.07. The minimum Gasteiger partial charge on any atom is -0.478 e. The lowest BCUT2D eigenvalue weighted by molar-refractivity contribution is 0.0524. The first-order valence-electron chi connectivity index (χ1n) is 6.83. The molecule has 1 N–H and O–H groups in total. The van der Waals surface area contributed by atoms with Crippen LogP contribution in [-0.4, -0.2) is 36.9 Å². The van der Waals surface area contributed by atoms with E-state index in [0.717, 1.165) is 37.2 Å². The lowest BCUT2D eigenvalue weighted by Crippen LogP contribution is -2.40. The molecule has 1 heterocycles. The number of aromatic carboxylic acids is 1. The van der Waals surface area contributed by atoms with Gasteiger partial charge in [0.15, 0.2) is 0 Å². The summed E-state index contributed by atoms with van der Waals surface area (Å²) in [5.74, 6) is -0.864. The molecule has 0 radical (unpaired) electrons. The van der Waals surface area contributed by atoms with Crippen molar-refractivity contribution < 1.29 is 14.6 Å². The highest BCUT2D eigenvalue weighted by Gasteiger charge is 2.24. The number of rotatable bonds is 4. The summed E-state index contributed by atoms with van der Waals surface area (Å²) in [4.78, 5) is 13.5. The van der Waals surface area contributed by atoms with Crippen molar-refractivity contribution in [2.45, 2.75) is 32.8 Å². The minimum atomic E-state index is -0.864. The first-order valence-corrected chi connectivity index (χ1v) is 6.83. The molecule has 1 aliphatic heterocycles. The van der Waals surface area contributed by atoms with Gasteiger partial charge >= 0.3 is 5.97 Å². The lowest BCUT2D eigenvalue weighted by Gasteiger charge is -2.35. The van der Waals surface area contributed by atoms with Crippen molar-refractivity contribution >= 4 is 11.7 Å². The van der Waals surface area contributed by atoms with Gasteiger partial charge < -0.3 is 14.7 Å². The third-order valence-corrected chi connectivity index (χ3v) is 3.56. The second-order valence-corrected chi connectivity index (χ2v) is 4.94. The van der Waals surface area contributed by atoms with Gasteiger partial charge in [0.05, 0.1) is 17.4 Å². The number of hydrogen-bond donors (Lipinski definition) is 1. The molecule has 1 atom stereocenters. The number of anilines is 1. The van der Waals surface area contributed by atoms with Crippen LogP contribution in [0.15, 0.2) is 18.2 Å². The van der Waals surface area contributed by atoms with Crippen molar-refractivity contribution in [3.63, 3.8) is 0 Å². The van der Waals surface area contributed by atoms with E-state index < -0.39 is 5.97 Å². The van der Waals surface area contributed by atoms with Crippen LogP contribution in [-0.2, 0) is 4.74 Å². The number of carboxylic acids is 1. The molecule has 104 valence electrons. The van der Waals surface area contributed by atoms with Crippen molar-refractivity contribution in [3.8, 4) is 0 Å². The fourth-order valence-electron chi connectivity index (χ4n) is 2.76. The lowest BCUT2D eigenvalue weighted by atomic mass is 10.0. The number of piperidine rings is 1. The Balaban J connectivity index is 2.28. The Morgan fingerprint density at radius 2 is 2.32 bits per heavy atom. The molecule has 19 heavy (non-hydrogen) atoms. The second-order valence-electron chi connectivity index (χ2n) is 4.94. The topological polar surface area (TPSA) is 49.8 Å². The average molecular weight is 263 g/mol. The number of carbonyl (C=O) groups is 1.